The number of carboxylic acids is 1. The van der Waals surface area contributed by atoms with E-state index in [1.165, 1.54) is 12.7 Å². The summed E-state index contributed by atoms with van der Waals surface area (Å²) in [6.07, 6.45) is 1.41. The van der Waals surface area contributed by atoms with E-state index < -0.39 is 12.1 Å². The molecule has 0 radical (unpaired) electrons. The molecule has 1 unspecified atom stereocenters. The summed E-state index contributed by atoms with van der Waals surface area (Å²) < 4.78 is 9.56. The second kappa shape index (κ2) is 3.87. The highest BCUT2D eigenvalue weighted by Gasteiger charge is 2.22. The molecular weight excluding hydrogens is 162 g/mol. The summed E-state index contributed by atoms with van der Waals surface area (Å²) in [6.45, 7) is 2.04. The molecule has 5 nitrogen and oxygen atoms in total. The van der Waals surface area contributed by atoms with Crippen molar-refractivity contribution in [2.45, 2.75) is 13.0 Å². The summed E-state index contributed by atoms with van der Waals surface area (Å²) in [4.78, 5) is 14.3. The van der Waals surface area contributed by atoms with Crippen LogP contribution in [0.3, 0.4) is 0 Å². The van der Waals surface area contributed by atoms with Crippen LogP contribution in [0.2, 0.25) is 0 Å². The smallest absolute Gasteiger partial charge is 0.339 e. The average Bonchev–Trinajstić information content (AvgIpc) is 2.51. The maximum atomic E-state index is 10.6. The quantitative estimate of drug-likeness (QED) is 0.726. The second-order valence-electron chi connectivity index (χ2n) is 2.09. The minimum atomic E-state index is -1.06. The van der Waals surface area contributed by atoms with Crippen molar-refractivity contribution in [1.82, 2.24) is 4.98 Å². The van der Waals surface area contributed by atoms with E-state index in [1.807, 2.05) is 0 Å². The van der Waals surface area contributed by atoms with Crippen LogP contribution < -0.4 is 0 Å². The van der Waals surface area contributed by atoms with E-state index in [0.29, 0.717) is 6.61 Å². The summed E-state index contributed by atoms with van der Waals surface area (Å²) in [5.74, 6) is -1.06. The van der Waals surface area contributed by atoms with Crippen molar-refractivity contribution in [3.05, 3.63) is 18.4 Å². The Balaban J connectivity index is 2.73. The first kappa shape index (κ1) is 8.73. The van der Waals surface area contributed by atoms with Gasteiger partial charge in [-0.1, -0.05) is 0 Å². The molecule has 0 aliphatic carbocycles. The number of ether oxygens (including phenoxy) is 1. The molecule has 0 bridgehead atoms. The molecule has 1 atom stereocenters. The predicted molar refractivity (Wildman–Crippen MR) is 38.5 cm³/mol. The van der Waals surface area contributed by atoms with Crippen LogP contribution in [0, 0.1) is 0 Å². The number of nitrogens with zero attached hydrogens (tertiary/aromatic N) is 1. The second-order valence-corrected chi connectivity index (χ2v) is 2.09. The van der Waals surface area contributed by atoms with E-state index in [-0.39, 0.29) is 5.69 Å². The first-order valence-corrected chi connectivity index (χ1v) is 3.48. The van der Waals surface area contributed by atoms with Crippen LogP contribution >= 0.6 is 0 Å². The summed E-state index contributed by atoms with van der Waals surface area (Å²) in [5, 5.41) is 8.67. The number of hydrogen-bond acceptors (Lipinski definition) is 4. The Bertz CT molecular complexity index is 244. The molecule has 0 aliphatic heterocycles. The zero-order chi connectivity index (χ0) is 8.97. The van der Waals surface area contributed by atoms with Gasteiger partial charge in [0.2, 0.25) is 0 Å². The summed E-state index contributed by atoms with van der Waals surface area (Å²) in [5.41, 5.74) is 0.282. The minimum absolute atomic E-state index is 0.282. The highest BCUT2D eigenvalue weighted by atomic mass is 16.5. The Morgan fingerprint density at radius 3 is 3.08 bits per heavy atom. The molecule has 1 heterocycles. The van der Waals surface area contributed by atoms with Gasteiger partial charge in [0.05, 0.1) is 0 Å². The maximum absolute atomic E-state index is 10.6. The van der Waals surface area contributed by atoms with Crippen molar-refractivity contribution < 1.29 is 19.1 Å². The van der Waals surface area contributed by atoms with Crippen molar-refractivity contribution in [3.8, 4) is 0 Å². The molecule has 0 amide bonds. The number of carbonyl (C=O) groups is 1. The van der Waals surface area contributed by atoms with Gasteiger partial charge in [0, 0.05) is 6.61 Å². The van der Waals surface area contributed by atoms with Crippen molar-refractivity contribution in [2.75, 3.05) is 6.61 Å². The van der Waals surface area contributed by atoms with Crippen LogP contribution in [-0.2, 0) is 9.53 Å². The third-order valence-corrected chi connectivity index (χ3v) is 1.28. The van der Waals surface area contributed by atoms with Gasteiger partial charge in [-0.15, -0.1) is 0 Å². The monoisotopic (exact) mass is 171 g/mol. The Kier molecular flexibility index (Phi) is 2.82. The molecule has 12 heavy (non-hydrogen) atoms. The van der Waals surface area contributed by atoms with Crippen molar-refractivity contribution in [1.29, 1.82) is 0 Å². The van der Waals surface area contributed by atoms with E-state index in [2.05, 4.69) is 9.40 Å². The van der Waals surface area contributed by atoms with Crippen molar-refractivity contribution >= 4 is 5.97 Å². The zero-order valence-electron chi connectivity index (χ0n) is 6.56. The van der Waals surface area contributed by atoms with Gasteiger partial charge in [0.25, 0.3) is 0 Å². The SMILES string of the molecule is CCOC(C(=O)O)c1cocn1. The van der Waals surface area contributed by atoms with Crippen LogP contribution in [0.5, 0.6) is 0 Å². The minimum Gasteiger partial charge on any atom is -0.479 e. The molecule has 1 rings (SSSR count). The first-order valence-electron chi connectivity index (χ1n) is 3.48. The fourth-order valence-corrected chi connectivity index (χ4v) is 0.801. The van der Waals surface area contributed by atoms with Gasteiger partial charge in [0.1, 0.15) is 12.0 Å². The maximum Gasteiger partial charge on any atom is 0.339 e. The molecule has 0 aliphatic rings. The highest BCUT2D eigenvalue weighted by Crippen LogP contribution is 2.14. The molecule has 1 aromatic rings. The Morgan fingerprint density at radius 1 is 1.92 bits per heavy atom. The number of carboxylic acid groups (broad SMARTS) is 1. The van der Waals surface area contributed by atoms with E-state index in [0.717, 1.165) is 0 Å². The van der Waals surface area contributed by atoms with Gasteiger partial charge < -0.3 is 14.3 Å². The fraction of sp³-hybridized carbons (Fsp3) is 0.429. The number of oxazole rings is 1. The average molecular weight is 171 g/mol. The number of aromatic nitrogens is 1. The number of rotatable bonds is 4. The zero-order valence-corrected chi connectivity index (χ0v) is 6.56. The predicted octanol–water partition coefficient (Wildman–Crippen LogP) is 0.837. The molecule has 5 heteroatoms. The standard InChI is InChI=1S/C7H9NO4/c1-2-12-6(7(9)10)5-3-11-4-8-5/h3-4,6H,2H2,1H3,(H,9,10). The van der Waals surface area contributed by atoms with Crippen LogP contribution in [0.1, 0.15) is 18.7 Å². The Morgan fingerprint density at radius 2 is 2.67 bits per heavy atom. The van der Waals surface area contributed by atoms with Crippen LogP contribution in [0.15, 0.2) is 17.1 Å². The lowest BCUT2D eigenvalue weighted by atomic mass is 10.3. The largest absolute Gasteiger partial charge is 0.479 e. The van der Waals surface area contributed by atoms with Gasteiger partial charge in [-0.05, 0) is 6.92 Å². The Hall–Kier alpha value is -1.36. The lowest BCUT2D eigenvalue weighted by Crippen LogP contribution is -2.15. The normalized spacial score (nSPS) is 12.8. The van der Waals surface area contributed by atoms with E-state index in [1.54, 1.807) is 6.92 Å². The molecule has 0 spiro atoms. The molecule has 0 aromatic carbocycles. The lowest BCUT2D eigenvalue weighted by Gasteiger charge is -2.07. The van der Waals surface area contributed by atoms with E-state index >= 15 is 0 Å². The summed E-state index contributed by atoms with van der Waals surface area (Å²) in [6, 6.07) is 0. The third kappa shape index (κ3) is 1.82. The van der Waals surface area contributed by atoms with Gasteiger partial charge in [0.15, 0.2) is 12.5 Å². The van der Waals surface area contributed by atoms with Gasteiger partial charge in [-0.25, -0.2) is 9.78 Å². The first-order chi connectivity index (χ1) is 5.75. The number of aliphatic carboxylic acids is 1. The molecule has 66 valence electrons. The van der Waals surface area contributed by atoms with Crippen LogP contribution in [0.4, 0.5) is 0 Å². The highest BCUT2D eigenvalue weighted by molar-refractivity contribution is 5.73. The van der Waals surface area contributed by atoms with Gasteiger partial charge in [-0.3, -0.25) is 0 Å². The molecule has 1 aromatic heterocycles. The Labute approximate surface area is 69.0 Å². The fourth-order valence-electron chi connectivity index (χ4n) is 0.801. The van der Waals surface area contributed by atoms with Gasteiger partial charge in [-0.2, -0.15) is 0 Å². The van der Waals surface area contributed by atoms with Crippen molar-refractivity contribution in [2.24, 2.45) is 0 Å². The number of hydrogen-bond donors (Lipinski definition) is 1. The van der Waals surface area contributed by atoms with E-state index in [9.17, 15) is 4.79 Å². The summed E-state index contributed by atoms with van der Waals surface area (Å²) in [7, 11) is 0. The summed E-state index contributed by atoms with van der Waals surface area (Å²) >= 11 is 0. The molecule has 0 fully saturated rings. The molecule has 0 saturated carbocycles. The van der Waals surface area contributed by atoms with E-state index in [4.69, 9.17) is 9.84 Å². The third-order valence-electron chi connectivity index (χ3n) is 1.28. The van der Waals surface area contributed by atoms with Gasteiger partial charge >= 0.3 is 5.97 Å². The van der Waals surface area contributed by atoms with Crippen LogP contribution in [-0.4, -0.2) is 22.7 Å². The lowest BCUT2D eigenvalue weighted by molar-refractivity contribution is -0.150. The molecule has 0 saturated heterocycles. The molecule has 1 N–H and O–H groups in total. The van der Waals surface area contributed by atoms with Crippen molar-refractivity contribution in [3.63, 3.8) is 0 Å². The topological polar surface area (TPSA) is 72.6 Å². The van der Waals surface area contributed by atoms with Crippen LogP contribution in [0.25, 0.3) is 0 Å². The molecular formula is C7H9NO4.